The zero-order valence-corrected chi connectivity index (χ0v) is 18.7. The summed E-state index contributed by atoms with van der Waals surface area (Å²) in [4.78, 5) is 8.40. The van der Waals surface area contributed by atoms with Crippen LogP contribution < -0.4 is 15.2 Å². The summed E-state index contributed by atoms with van der Waals surface area (Å²) in [5.41, 5.74) is 5.30. The number of ether oxygens (including phenoxy) is 2. The molecule has 2 aromatic carbocycles. The number of fused-ring (bicyclic) bond motifs is 4. The highest BCUT2D eigenvalue weighted by atomic mass is 32.2. The largest absolute Gasteiger partial charge is 0.490 e. The van der Waals surface area contributed by atoms with Crippen LogP contribution >= 0.6 is 11.8 Å². The molecule has 0 bridgehead atoms. The lowest BCUT2D eigenvalue weighted by molar-refractivity contribution is 0.120. The van der Waals surface area contributed by atoms with E-state index in [0.29, 0.717) is 38.9 Å². The van der Waals surface area contributed by atoms with Crippen molar-refractivity contribution < 1.29 is 22.6 Å². The number of alkyl halides is 1. The van der Waals surface area contributed by atoms with Crippen molar-refractivity contribution in [3.63, 3.8) is 0 Å². The zero-order valence-electron chi connectivity index (χ0n) is 17.9. The maximum Gasteiger partial charge on any atom is 0.220 e. The summed E-state index contributed by atoms with van der Waals surface area (Å²) in [5, 5.41) is 0.336. The fourth-order valence-electron chi connectivity index (χ4n) is 3.99. The minimum atomic E-state index is -1.60. The van der Waals surface area contributed by atoms with E-state index in [1.165, 1.54) is 31.8 Å². The second kappa shape index (κ2) is 7.69. The fourth-order valence-corrected chi connectivity index (χ4v) is 4.94. The van der Waals surface area contributed by atoms with Gasteiger partial charge in [-0.1, -0.05) is 17.8 Å². The van der Waals surface area contributed by atoms with Crippen LogP contribution in [0.5, 0.6) is 17.2 Å². The Morgan fingerprint density at radius 1 is 1.18 bits per heavy atom. The average molecular weight is 472 g/mol. The maximum atomic E-state index is 15.1. The molecule has 0 aliphatic carbocycles. The Kier molecular flexibility index (Phi) is 5.04. The number of hydrogen-bond donors (Lipinski definition) is 1. The van der Waals surface area contributed by atoms with E-state index in [1.54, 1.807) is 36.4 Å². The van der Waals surface area contributed by atoms with E-state index in [9.17, 15) is 8.78 Å². The number of hydrogen-bond acceptors (Lipinski definition) is 6. The number of nitrogens with two attached hydrogens (primary N) is 1. The van der Waals surface area contributed by atoms with Crippen LogP contribution in [0.4, 0.5) is 13.2 Å². The molecule has 3 heterocycles. The lowest BCUT2D eigenvalue weighted by Gasteiger charge is -2.35. The van der Waals surface area contributed by atoms with Crippen molar-refractivity contribution >= 4 is 16.9 Å². The van der Waals surface area contributed by atoms with E-state index in [1.807, 2.05) is 0 Å². The molecular formula is C24H20F3N3O2S. The maximum absolute atomic E-state index is 15.1. The molecule has 5 nitrogen and oxygen atoms in total. The number of thioether (sulfide) groups is 1. The molecule has 5 rings (SSSR count). The van der Waals surface area contributed by atoms with E-state index >= 15 is 4.39 Å². The summed E-state index contributed by atoms with van der Waals surface area (Å²) in [6, 6.07) is 11.1. The van der Waals surface area contributed by atoms with Crippen molar-refractivity contribution in [3.05, 3.63) is 71.6 Å². The standard InChI is InChI=1S/C24H20F3N3O2S/c1-23(2,27)11-31-14-9-17-20(18(25)10-14)32-19-6-5-13(15-4-3-7-29-21(15)26)8-16(19)24(17)12-33-22(28)30-24/h3-10H,11-12H2,1-2H3,(H2,28,30)/t24-/m0/s1. The monoisotopic (exact) mass is 471 g/mol. The molecule has 1 spiro atoms. The molecule has 2 aliphatic rings. The first-order chi connectivity index (χ1) is 15.7. The molecule has 170 valence electrons. The Labute approximate surface area is 192 Å². The van der Waals surface area contributed by atoms with Gasteiger partial charge in [-0.05, 0) is 49.7 Å². The van der Waals surface area contributed by atoms with Crippen LogP contribution in [0.1, 0.15) is 25.0 Å². The SMILES string of the molecule is CC(C)(F)COc1cc(F)c2c(c1)[C@]1(CSC(N)=N1)c1cc(-c3cccnc3F)ccc1O2. The van der Waals surface area contributed by atoms with Crippen molar-refractivity contribution in [2.75, 3.05) is 12.4 Å². The van der Waals surface area contributed by atoms with Gasteiger partial charge in [0.1, 0.15) is 29.3 Å². The summed E-state index contributed by atoms with van der Waals surface area (Å²) in [6.07, 6.45) is 1.37. The Morgan fingerprint density at radius 2 is 2.00 bits per heavy atom. The number of aliphatic imine (C=N–C) groups is 1. The van der Waals surface area contributed by atoms with Crippen LogP contribution in [-0.4, -0.2) is 28.2 Å². The molecular weight excluding hydrogens is 451 g/mol. The van der Waals surface area contributed by atoms with Crippen molar-refractivity contribution in [2.24, 2.45) is 10.7 Å². The quantitative estimate of drug-likeness (QED) is 0.504. The number of nitrogens with zero attached hydrogens (tertiary/aromatic N) is 2. The van der Waals surface area contributed by atoms with E-state index in [0.717, 1.165) is 6.07 Å². The van der Waals surface area contributed by atoms with Crippen molar-refractivity contribution in [1.82, 2.24) is 4.98 Å². The number of benzene rings is 2. The minimum Gasteiger partial charge on any atom is -0.490 e. The molecule has 1 atom stereocenters. The van der Waals surface area contributed by atoms with Crippen LogP contribution in [0.2, 0.25) is 0 Å². The van der Waals surface area contributed by atoms with Gasteiger partial charge < -0.3 is 15.2 Å². The number of pyridine rings is 1. The zero-order chi connectivity index (χ0) is 23.4. The highest BCUT2D eigenvalue weighted by Gasteiger charge is 2.47. The molecule has 2 aliphatic heterocycles. The minimum absolute atomic E-state index is 0.00807. The van der Waals surface area contributed by atoms with Crippen LogP contribution in [0, 0.1) is 11.8 Å². The number of aromatic nitrogens is 1. The van der Waals surface area contributed by atoms with Gasteiger partial charge in [0.15, 0.2) is 16.7 Å². The first-order valence-electron chi connectivity index (χ1n) is 10.2. The van der Waals surface area contributed by atoms with Crippen LogP contribution in [0.25, 0.3) is 11.1 Å². The summed E-state index contributed by atoms with van der Waals surface area (Å²) in [6.45, 7) is 2.50. The van der Waals surface area contributed by atoms with Gasteiger partial charge in [-0.15, -0.1) is 0 Å². The third kappa shape index (κ3) is 3.80. The smallest absolute Gasteiger partial charge is 0.220 e. The molecule has 1 aromatic heterocycles. The van der Waals surface area contributed by atoms with E-state index < -0.39 is 23.0 Å². The summed E-state index contributed by atoms with van der Waals surface area (Å²) in [7, 11) is 0. The Morgan fingerprint density at radius 3 is 2.70 bits per heavy atom. The molecule has 0 saturated carbocycles. The summed E-state index contributed by atoms with van der Waals surface area (Å²) >= 11 is 1.33. The Balaban J connectivity index is 1.67. The third-order valence-electron chi connectivity index (χ3n) is 5.48. The normalized spacial score (nSPS) is 19.0. The van der Waals surface area contributed by atoms with Gasteiger partial charge in [-0.3, -0.25) is 0 Å². The van der Waals surface area contributed by atoms with Crippen LogP contribution in [-0.2, 0) is 5.54 Å². The molecule has 3 aromatic rings. The van der Waals surface area contributed by atoms with Crippen LogP contribution in [0.3, 0.4) is 0 Å². The highest BCUT2D eigenvalue weighted by molar-refractivity contribution is 8.14. The van der Waals surface area contributed by atoms with Crippen molar-refractivity contribution in [1.29, 1.82) is 0 Å². The van der Waals surface area contributed by atoms with Gasteiger partial charge >= 0.3 is 0 Å². The molecule has 0 amide bonds. The summed E-state index contributed by atoms with van der Waals surface area (Å²) in [5.74, 6) is -0.317. The summed E-state index contributed by atoms with van der Waals surface area (Å²) < 4.78 is 54.9. The first kappa shape index (κ1) is 21.6. The van der Waals surface area contributed by atoms with Gasteiger partial charge in [-0.2, -0.15) is 4.39 Å². The lowest BCUT2D eigenvalue weighted by Crippen LogP contribution is -2.31. The van der Waals surface area contributed by atoms with Crippen LogP contribution in [0.15, 0.2) is 53.7 Å². The molecule has 9 heteroatoms. The molecule has 33 heavy (non-hydrogen) atoms. The Bertz CT molecular complexity index is 1290. The Hall–Kier alpha value is -3.20. The molecule has 0 fully saturated rings. The predicted molar refractivity (Wildman–Crippen MR) is 122 cm³/mol. The van der Waals surface area contributed by atoms with E-state index in [2.05, 4.69) is 9.98 Å². The second-order valence-electron chi connectivity index (χ2n) is 8.54. The van der Waals surface area contributed by atoms with Crippen molar-refractivity contribution in [2.45, 2.75) is 25.1 Å². The first-order valence-corrected chi connectivity index (χ1v) is 11.2. The average Bonchev–Trinajstić information content (AvgIpc) is 3.15. The van der Waals surface area contributed by atoms with Gasteiger partial charge in [0, 0.05) is 34.7 Å². The van der Waals surface area contributed by atoms with Gasteiger partial charge in [0.25, 0.3) is 0 Å². The number of amidine groups is 1. The lowest BCUT2D eigenvalue weighted by atomic mass is 9.80. The topological polar surface area (TPSA) is 69.7 Å². The van der Waals surface area contributed by atoms with E-state index in [4.69, 9.17) is 15.2 Å². The van der Waals surface area contributed by atoms with Gasteiger partial charge in [0.2, 0.25) is 5.95 Å². The molecule has 2 N–H and O–H groups in total. The second-order valence-corrected chi connectivity index (χ2v) is 9.54. The number of halogens is 3. The predicted octanol–water partition coefficient (Wildman–Crippen LogP) is 5.56. The van der Waals surface area contributed by atoms with E-state index in [-0.39, 0.29) is 18.1 Å². The van der Waals surface area contributed by atoms with Gasteiger partial charge in [-0.25, -0.2) is 18.8 Å². The molecule has 0 unspecified atom stereocenters. The highest BCUT2D eigenvalue weighted by Crippen LogP contribution is 2.55. The molecule has 0 radical (unpaired) electrons. The fraction of sp³-hybridized carbons (Fsp3) is 0.250. The number of rotatable bonds is 4. The third-order valence-corrected chi connectivity index (χ3v) is 6.43. The van der Waals surface area contributed by atoms with Gasteiger partial charge in [0.05, 0.1) is 0 Å². The molecule has 0 saturated heterocycles. The van der Waals surface area contributed by atoms with Crippen molar-refractivity contribution in [3.8, 4) is 28.4 Å².